The Morgan fingerprint density at radius 2 is 2.41 bits per heavy atom. The normalized spacial score (nSPS) is 26.9. The van der Waals surface area contributed by atoms with Gasteiger partial charge >= 0.3 is 6.03 Å². The highest BCUT2D eigenvalue weighted by Gasteiger charge is 2.30. The lowest BCUT2D eigenvalue weighted by atomic mass is 10.1. The molecule has 1 aromatic rings. The SMILES string of the molecule is CN1CCN(C(=O)NC[C@H]2CCCCO2)C[C@H]1c1ncc[nH]1. The Labute approximate surface area is 131 Å². The zero-order chi connectivity index (χ0) is 15.4. The lowest BCUT2D eigenvalue weighted by molar-refractivity contribution is 0.0170. The maximum atomic E-state index is 12.4. The molecule has 0 aliphatic carbocycles. The second kappa shape index (κ2) is 7.11. The molecule has 0 bridgehead atoms. The Morgan fingerprint density at radius 1 is 1.50 bits per heavy atom. The first kappa shape index (κ1) is 15.3. The molecule has 2 aliphatic heterocycles. The maximum Gasteiger partial charge on any atom is 0.317 e. The average molecular weight is 307 g/mol. The highest BCUT2D eigenvalue weighted by Crippen LogP contribution is 2.21. The first-order valence-electron chi connectivity index (χ1n) is 8.08. The molecule has 0 spiro atoms. The molecule has 0 radical (unpaired) electrons. The second-order valence-electron chi connectivity index (χ2n) is 6.09. The fourth-order valence-corrected chi connectivity index (χ4v) is 3.09. The Bertz CT molecular complexity index is 472. The van der Waals surface area contributed by atoms with Crippen molar-refractivity contribution in [1.29, 1.82) is 0 Å². The summed E-state index contributed by atoms with van der Waals surface area (Å²) in [5.41, 5.74) is 0. The van der Waals surface area contributed by atoms with Gasteiger partial charge in [-0.1, -0.05) is 0 Å². The molecule has 2 aliphatic rings. The van der Waals surface area contributed by atoms with Crippen molar-refractivity contribution in [2.24, 2.45) is 0 Å². The van der Waals surface area contributed by atoms with Crippen LogP contribution in [0.3, 0.4) is 0 Å². The van der Waals surface area contributed by atoms with Gasteiger partial charge in [0, 0.05) is 45.2 Å². The largest absolute Gasteiger partial charge is 0.376 e. The molecule has 0 unspecified atom stereocenters. The van der Waals surface area contributed by atoms with Crippen LogP contribution >= 0.6 is 0 Å². The minimum atomic E-state index is -0.00108. The predicted octanol–water partition coefficient (Wildman–Crippen LogP) is 0.977. The zero-order valence-electron chi connectivity index (χ0n) is 13.1. The van der Waals surface area contributed by atoms with Crippen LogP contribution in [-0.2, 0) is 4.74 Å². The third-order valence-corrected chi connectivity index (χ3v) is 4.53. The number of hydrogen-bond acceptors (Lipinski definition) is 4. The number of urea groups is 1. The van der Waals surface area contributed by atoms with E-state index in [4.69, 9.17) is 4.74 Å². The van der Waals surface area contributed by atoms with Gasteiger partial charge in [0.15, 0.2) is 0 Å². The van der Waals surface area contributed by atoms with Gasteiger partial charge in [-0.25, -0.2) is 9.78 Å². The molecule has 122 valence electrons. The zero-order valence-corrected chi connectivity index (χ0v) is 13.1. The quantitative estimate of drug-likeness (QED) is 0.873. The van der Waals surface area contributed by atoms with Gasteiger partial charge in [0.1, 0.15) is 5.82 Å². The fourth-order valence-electron chi connectivity index (χ4n) is 3.09. The van der Waals surface area contributed by atoms with Crippen molar-refractivity contribution in [3.63, 3.8) is 0 Å². The van der Waals surface area contributed by atoms with E-state index in [1.165, 1.54) is 6.42 Å². The molecule has 2 atom stereocenters. The van der Waals surface area contributed by atoms with Crippen molar-refractivity contribution in [2.75, 3.05) is 39.8 Å². The van der Waals surface area contributed by atoms with Gasteiger partial charge in [0.2, 0.25) is 0 Å². The lowest BCUT2D eigenvalue weighted by Crippen LogP contribution is -2.53. The molecule has 0 aromatic carbocycles. The number of hydrogen-bond donors (Lipinski definition) is 2. The number of aromatic amines is 1. The van der Waals surface area contributed by atoms with Gasteiger partial charge in [-0.2, -0.15) is 0 Å². The number of nitrogens with zero attached hydrogens (tertiary/aromatic N) is 3. The van der Waals surface area contributed by atoms with E-state index in [-0.39, 0.29) is 18.2 Å². The number of imidazole rings is 1. The molecular formula is C15H25N5O2. The van der Waals surface area contributed by atoms with Crippen LogP contribution in [0.4, 0.5) is 4.79 Å². The summed E-state index contributed by atoms with van der Waals surface area (Å²) in [6, 6.07) is 0.124. The topological polar surface area (TPSA) is 73.5 Å². The molecule has 22 heavy (non-hydrogen) atoms. The third kappa shape index (κ3) is 3.59. The summed E-state index contributed by atoms with van der Waals surface area (Å²) >= 11 is 0. The second-order valence-corrected chi connectivity index (χ2v) is 6.09. The Hall–Kier alpha value is -1.60. The highest BCUT2D eigenvalue weighted by atomic mass is 16.5. The number of aromatic nitrogens is 2. The van der Waals surface area contributed by atoms with Crippen molar-refractivity contribution < 1.29 is 9.53 Å². The van der Waals surface area contributed by atoms with Crippen molar-refractivity contribution in [3.8, 4) is 0 Å². The number of amides is 2. The molecular weight excluding hydrogens is 282 g/mol. The minimum Gasteiger partial charge on any atom is -0.376 e. The van der Waals surface area contributed by atoms with Gasteiger partial charge in [0.05, 0.1) is 12.1 Å². The highest BCUT2D eigenvalue weighted by molar-refractivity contribution is 5.74. The maximum absolute atomic E-state index is 12.4. The molecule has 2 amide bonds. The number of carbonyl (C=O) groups excluding carboxylic acids is 1. The van der Waals surface area contributed by atoms with E-state index < -0.39 is 0 Å². The van der Waals surface area contributed by atoms with Gasteiger partial charge in [-0.05, 0) is 26.3 Å². The molecule has 2 saturated heterocycles. The van der Waals surface area contributed by atoms with Gasteiger partial charge in [-0.3, -0.25) is 4.90 Å². The summed E-state index contributed by atoms with van der Waals surface area (Å²) in [7, 11) is 2.07. The van der Waals surface area contributed by atoms with Crippen molar-refractivity contribution >= 4 is 6.03 Å². The summed E-state index contributed by atoms with van der Waals surface area (Å²) in [4.78, 5) is 24.0. The number of nitrogens with one attached hydrogen (secondary N) is 2. The molecule has 3 heterocycles. The number of piperazine rings is 1. The monoisotopic (exact) mass is 307 g/mol. The van der Waals surface area contributed by atoms with E-state index >= 15 is 0 Å². The summed E-state index contributed by atoms with van der Waals surface area (Å²) in [5, 5.41) is 3.02. The summed E-state index contributed by atoms with van der Waals surface area (Å²) < 4.78 is 5.66. The van der Waals surface area contributed by atoms with Crippen LogP contribution in [0.5, 0.6) is 0 Å². The summed E-state index contributed by atoms with van der Waals surface area (Å²) in [5.74, 6) is 0.913. The molecule has 3 rings (SSSR count). The van der Waals surface area contributed by atoms with Gasteiger partial charge in [-0.15, -0.1) is 0 Å². The first-order chi connectivity index (χ1) is 10.7. The van der Waals surface area contributed by atoms with Crippen molar-refractivity contribution in [3.05, 3.63) is 18.2 Å². The number of ether oxygens (including phenoxy) is 1. The van der Waals surface area contributed by atoms with Crippen LogP contribution in [0.1, 0.15) is 31.1 Å². The molecule has 2 fully saturated rings. The molecule has 7 nitrogen and oxygen atoms in total. The van der Waals surface area contributed by atoms with E-state index in [0.29, 0.717) is 13.1 Å². The van der Waals surface area contributed by atoms with Gasteiger partial charge in [0.25, 0.3) is 0 Å². The van der Waals surface area contributed by atoms with Gasteiger partial charge < -0.3 is 19.9 Å². The van der Waals surface area contributed by atoms with Crippen LogP contribution in [0.15, 0.2) is 12.4 Å². The van der Waals surface area contributed by atoms with Crippen molar-refractivity contribution in [1.82, 2.24) is 25.1 Å². The van der Waals surface area contributed by atoms with Crippen LogP contribution in [0.25, 0.3) is 0 Å². The smallest absolute Gasteiger partial charge is 0.317 e. The third-order valence-electron chi connectivity index (χ3n) is 4.53. The Balaban J connectivity index is 1.51. The Morgan fingerprint density at radius 3 is 3.14 bits per heavy atom. The lowest BCUT2D eigenvalue weighted by Gasteiger charge is -2.38. The van der Waals surface area contributed by atoms with E-state index in [1.807, 2.05) is 11.1 Å². The van der Waals surface area contributed by atoms with E-state index in [1.54, 1.807) is 6.20 Å². The molecule has 0 saturated carbocycles. The van der Waals surface area contributed by atoms with Crippen molar-refractivity contribution in [2.45, 2.75) is 31.4 Å². The van der Waals surface area contributed by atoms with E-state index in [0.717, 1.165) is 38.4 Å². The van der Waals surface area contributed by atoms with Crippen LogP contribution in [-0.4, -0.2) is 71.7 Å². The molecule has 7 heteroatoms. The summed E-state index contributed by atoms with van der Waals surface area (Å²) in [6.45, 7) is 3.66. The average Bonchev–Trinajstić information content (AvgIpc) is 3.08. The predicted molar refractivity (Wildman–Crippen MR) is 82.5 cm³/mol. The van der Waals surface area contributed by atoms with E-state index in [2.05, 4.69) is 27.2 Å². The summed E-state index contributed by atoms with van der Waals surface area (Å²) in [6.07, 6.45) is 7.11. The minimum absolute atomic E-state index is 0.00108. The van der Waals surface area contributed by atoms with Crippen LogP contribution in [0, 0.1) is 0 Å². The number of H-pyrrole nitrogens is 1. The van der Waals surface area contributed by atoms with Crippen LogP contribution < -0.4 is 5.32 Å². The first-order valence-corrected chi connectivity index (χ1v) is 8.08. The van der Waals surface area contributed by atoms with Crippen LogP contribution in [0.2, 0.25) is 0 Å². The standard InChI is InChI=1S/C15H25N5O2/c1-19-7-8-20(11-13(19)14-16-5-6-17-14)15(21)18-10-12-4-2-3-9-22-12/h5-6,12-13H,2-4,7-11H2,1H3,(H,16,17)(H,18,21)/t12-,13+/m1/s1. The molecule has 1 aromatic heterocycles. The molecule has 2 N–H and O–H groups in total. The fraction of sp³-hybridized carbons (Fsp3) is 0.733. The Kier molecular flexibility index (Phi) is 4.94. The van der Waals surface area contributed by atoms with E-state index in [9.17, 15) is 4.79 Å². The number of likely N-dealkylation sites (N-methyl/N-ethyl adjacent to an activating group) is 1. The number of carbonyl (C=O) groups is 1. The number of rotatable bonds is 3.